The van der Waals surface area contributed by atoms with Crippen LogP contribution >= 0.6 is 11.6 Å². The molecular formula is C10H10ClF2NO3. The number of hydrogen-bond donors (Lipinski definition) is 1. The van der Waals surface area contributed by atoms with Gasteiger partial charge in [-0.1, -0.05) is 0 Å². The topological polar surface area (TPSA) is 59.4 Å². The fraction of sp³-hybridized carbons (Fsp3) is 0.400. The van der Waals surface area contributed by atoms with Gasteiger partial charge in [-0.05, 0) is 6.92 Å². The molecule has 0 spiro atoms. The molecule has 0 aromatic carbocycles. The molecule has 0 saturated carbocycles. The molecule has 0 atom stereocenters. The third-order valence-corrected chi connectivity index (χ3v) is 2.29. The van der Waals surface area contributed by atoms with E-state index in [1.54, 1.807) is 6.92 Å². The van der Waals surface area contributed by atoms with Gasteiger partial charge in [0.05, 0.1) is 18.1 Å². The van der Waals surface area contributed by atoms with Crippen LogP contribution in [-0.4, -0.2) is 22.7 Å². The number of nitrogens with zero attached hydrogens (tertiary/aromatic N) is 1. The molecule has 0 bridgehead atoms. The van der Waals surface area contributed by atoms with Crippen molar-refractivity contribution in [1.82, 2.24) is 4.98 Å². The van der Waals surface area contributed by atoms with Gasteiger partial charge < -0.3 is 9.84 Å². The smallest absolute Gasteiger partial charge is 0.340 e. The Morgan fingerprint density at radius 1 is 1.65 bits per heavy atom. The molecular weight excluding hydrogens is 256 g/mol. The van der Waals surface area contributed by atoms with Crippen molar-refractivity contribution in [3.05, 3.63) is 23.0 Å². The zero-order chi connectivity index (χ0) is 13.0. The van der Waals surface area contributed by atoms with E-state index in [2.05, 4.69) is 9.72 Å². The molecule has 1 aromatic heterocycles. The highest BCUT2D eigenvalue weighted by atomic mass is 35.5. The Morgan fingerprint density at radius 2 is 2.29 bits per heavy atom. The van der Waals surface area contributed by atoms with Gasteiger partial charge in [-0.25, -0.2) is 13.6 Å². The number of esters is 1. The van der Waals surface area contributed by atoms with Crippen molar-refractivity contribution in [1.29, 1.82) is 0 Å². The Bertz CT molecular complexity index is 426. The van der Waals surface area contributed by atoms with Gasteiger partial charge in [-0.15, -0.1) is 11.6 Å². The molecule has 4 nitrogen and oxygen atoms in total. The van der Waals surface area contributed by atoms with Crippen LogP contribution in [-0.2, 0) is 10.6 Å². The van der Waals surface area contributed by atoms with Crippen LogP contribution in [0.5, 0.6) is 5.75 Å². The molecule has 1 aromatic rings. The van der Waals surface area contributed by atoms with Gasteiger partial charge in [0, 0.05) is 11.8 Å². The molecule has 0 unspecified atom stereocenters. The molecule has 1 heterocycles. The van der Waals surface area contributed by atoms with E-state index in [-0.39, 0.29) is 23.6 Å². The van der Waals surface area contributed by atoms with Crippen LogP contribution < -0.4 is 0 Å². The molecule has 0 saturated heterocycles. The minimum Gasteiger partial charge on any atom is -0.505 e. The first kappa shape index (κ1) is 13.6. The van der Waals surface area contributed by atoms with E-state index in [0.717, 1.165) is 6.20 Å². The lowest BCUT2D eigenvalue weighted by Crippen LogP contribution is -2.10. The van der Waals surface area contributed by atoms with E-state index in [0.29, 0.717) is 0 Å². The van der Waals surface area contributed by atoms with Crippen molar-refractivity contribution in [2.45, 2.75) is 19.2 Å². The minimum atomic E-state index is -2.94. The minimum absolute atomic E-state index is 0.101. The number of carbonyl (C=O) groups excluding carboxylic acids is 1. The van der Waals surface area contributed by atoms with Crippen molar-refractivity contribution < 1.29 is 23.4 Å². The maximum absolute atomic E-state index is 12.4. The van der Waals surface area contributed by atoms with E-state index in [1.807, 2.05) is 0 Å². The normalized spacial score (nSPS) is 10.6. The average molecular weight is 266 g/mol. The van der Waals surface area contributed by atoms with Gasteiger partial charge in [0.2, 0.25) is 0 Å². The first-order chi connectivity index (χ1) is 8.02. The van der Waals surface area contributed by atoms with E-state index >= 15 is 0 Å². The predicted octanol–water partition coefficient (Wildman–Crippen LogP) is 2.64. The summed E-state index contributed by atoms with van der Waals surface area (Å²) in [5, 5.41) is 9.52. The van der Waals surface area contributed by atoms with Gasteiger partial charge in [0.25, 0.3) is 6.43 Å². The molecule has 0 aliphatic carbocycles. The van der Waals surface area contributed by atoms with E-state index < -0.39 is 23.8 Å². The summed E-state index contributed by atoms with van der Waals surface area (Å²) in [6, 6.07) is 0. The van der Waals surface area contributed by atoms with Crippen molar-refractivity contribution in [2.24, 2.45) is 0 Å². The highest BCUT2D eigenvalue weighted by Crippen LogP contribution is 2.32. The second kappa shape index (κ2) is 5.77. The van der Waals surface area contributed by atoms with Crippen molar-refractivity contribution in [3.63, 3.8) is 0 Å². The molecule has 0 aliphatic rings. The van der Waals surface area contributed by atoms with Crippen LogP contribution in [0.1, 0.15) is 35.0 Å². The molecule has 0 radical (unpaired) electrons. The van der Waals surface area contributed by atoms with Crippen LogP contribution in [0.2, 0.25) is 0 Å². The number of alkyl halides is 3. The summed E-state index contributed by atoms with van der Waals surface area (Å²) in [5.41, 5.74) is -1.01. The van der Waals surface area contributed by atoms with Crippen LogP contribution in [0, 0.1) is 0 Å². The lowest BCUT2D eigenvalue weighted by atomic mass is 10.1. The third kappa shape index (κ3) is 2.82. The van der Waals surface area contributed by atoms with Crippen LogP contribution in [0.4, 0.5) is 8.78 Å². The molecule has 0 amide bonds. The molecule has 0 fully saturated rings. The second-order valence-corrected chi connectivity index (χ2v) is 3.31. The number of ether oxygens (including phenoxy) is 1. The Hall–Kier alpha value is -1.43. The number of aromatic nitrogens is 1. The molecule has 94 valence electrons. The highest BCUT2D eigenvalue weighted by molar-refractivity contribution is 6.18. The van der Waals surface area contributed by atoms with Crippen molar-refractivity contribution >= 4 is 17.6 Å². The monoisotopic (exact) mass is 265 g/mol. The molecule has 0 aliphatic heterocycles. The number of halogens is 3. The number of aromatic hydroxyl groups is 1. The quantitative estimate of drug-likeness (QED) is 0.672. The van der Waals surface area contributed by atoms with Gasteiger partial charge in [0.1, 0.15) is 11.4 Å². The van der Waals surface area contributed by atoms with E-state index in [1.165, 1.54) is 0 Å². The largest absolute Gasteiger partial charge is 0.505 e. The van der Waals surface area contributed by atoms with Gasteiger partial charge in [-0.2, -0.15) is 0 Å². The summed E-state index contributed by atoms with van der Waals surface area (Å²) >= 11 is 5.52. The standard InChI is InChI=1S/C10H10ClF2NO3/c1-2-17-10(16)6-4-14-7(9(12)13)8(15)5(6)3-11/h4,9,15H,2-3H2,1H3. The summed E-state index contributed by atoms with van der Waals surface area (Å²) in [7, 11) is 0. The fourth-order valence-electron chi connectivity index (χ4n) is 1.24. The predicted molar refractivity (Wildman–Crippen MR) is 56.4 cm³/mol. The second-order valence-electron chi connectivity index (χ2n) is 3.04. The average Bonchev–Trinajstić information content (AvgIpc) is 2.28. The molecule has 1 rings (SSSR count). The summed E-state index contributed by atoms with van der Waals surface area (Å²) in [4.78, 5) is 14.8. The summed E-state index contributed by atoms with van der Waals surface area (Å²) < 4.78 is 29.6. The first-order valence-corrected chi connectivity index (χ1v) is 5.28. The van der Waals surface area contributed by atoms with Gasteiger partial charge >= 0.3 is 5.97 Å². The zero-order valence-electron chi connectivity index (χ0n) is 8.91. The highest BCUT2D eigenvalue weighted by Gasteiger charge is 2.23. The lowest BCUT2D eigenvalue weighted by Gasteiger charge is -2.10. The zero-order valence-corrected chi connectivity index (χ0v) is 9.67. The number of hydrogen-bond acceptors (Lipinski definition) is 4. The maximum Gasteiger partial charge on any atom is 0.340 e. The number of pyridine rings is 1. The Kier molecular flexibility index (Phi) is 4.62. The molecule has 17 heavy (non-hydrogen) atoms. The van der Waals surface area contributed by atoms with Crippen molar-refractivity contribution in [3.8, 4) is 5.75 Å². The summed E-state index contributed by atoms with van der Waals surface area (Å²) in [6.45, 7) is 1.72. The Balaban J connectivity index is 3.25. The number of carbonyl (C=O) groups is 1. The van der Waals surface area contributed by atoms with Gasteiger partial charge in [0.15, 0.2) is 0 Å². The van der Waals surface area contributed by atoms with Crippen LogP contribution in [0.15, 0.2) is 6.20 Å². The fourth-order valence-corrected chi connectivity index (χ4v) is 1.51. The SMILES string of the molecule is CCOC(=O)c1cnc(C(F)F)c(O)c1CCl. The van der Waals surface area contributed by atoms with Crippen LogP contribution in [0.25, 0.3) is 0 Å². The van der Waals surface area contributed by atoms with E-state index in [9.17, 15) is 18.7 Å². The van der Waals surface area contributed by atoms with Crippen LogP contribution in [0.3, 0.4) is 0 Å². The Labute approximate surface area is 101 Å². The number of rotatable bonds is 4. The van der Waals surface area contributed by atoms with E-state index in [4.69, 9.17) is 11.6 Å². The summed E-state index contributed by atoms with van der Waals surface area (Å²) in [5.74, 6) is -1.81. The van der Waals surface area contributed by atoms with Gasteiger partial charge in [-0.3, -0.25) is 4.98 Å². The lowest BCUT2D eigenvalue weighted by molar-refractivity contribution is 0.0523. The third-order valence-electron chi connectivity index (χ3n) is 2.02. The summed E-state index contributed by atoms with van der Waals surface area (Å²) in [6.07, 6.45) is -2.01. The molecule has 7 heteroatoms. The maximum atomic E-state index is 12.4. The first-order valence-electron chi connectivity index (χ1n) is 4.74. The molecule has 1 N–H and O–H groups in total. The Morgan fingerprint density at radius 3 is 2.76 bits per heavy atom. The van der Waals surface area contributed by atoms with Crippen molar-refractivity contribution in [2.75, 3.05) is 6.61 Å².